The first kappa shape index (κ1) is 10.6. The van der Waals surface area contributed by atoms with Gasteiger partial charge in [0.25, 0.3) is 0 Å². The minimum absolute atomic E-state index is 0.501. The lowest BCUT2D eigenvalue weighted by Crippen LogP contribution is -1.84. The zero-order valence-corrected chi connectivity index (χ0v) is 10.7. The molecule has 0 radical (unpaired) electrons. The van der Waals surface area contributed by atoms with Crippen LogP contribution < -0.4 is 4.74 Å². The van der Waals surface area contributed by atoms with Crippen LogP contribution in [-0.2, 0) is 0 Å². The molecule has 1 aromatic heterocycles. The number of hydrogen-bond acceptors (Lipinski definition) is 1. The molecule has 0 aliphatic heterocycles. The fourth-order valence-corrected chi connectivity index (χ4v) is 2.20. The quantitative estimate of drug-likeness (QED) is 0.872. The van der Waals surface area contributed by atoms with Crippen LogP contribution in [0.25, 0.3) is 10.9 Å². The molecule has 0 saturated heterocycles. The Kier molecular flexibility index (Phi) is 2.74. The van der Waals surface area contributed by atoms with Gasteiger partial charge in [-0.2, -0.15) is 0 Å². The van der Waals surface area contributed by atoms with Gasteiger partial charge in [-0.3, -0.25) is 0 Å². The predicted octanol–water partition coefficient (Wildman–Crippen LogP) is 4.06. The summed E-state index contributed by atoms with van der Waals surface area (Å²) < 4.78 is 6.38. The van der Waals surface area contributed by atoms with Crippen molar-refractivity contribution in [3.63, 3.8) is 0 Å². The topological polar surface area (TPSA) is 25.0 Å². The Morgan fingerprint density at radius 3 is 2.67 bits per heavy atom. The first-order chi connectivity index (χ1) is 7.13. The van der Waals surface area contributed by atoms with E-state index in [2.05, 4.69) is 46.9 Å². The van der Waals surface area contributed by atoms with Crippen molar-refractivity contribution in [3.05, 3.63) is 28.4 Å². The third kappa shape index (κ3) is 1.76. The van der Waals surface area contributed by atoms with Crippen molar-refractivity contribution in [2.24, 2.45) is 0 Å². The Hall–Kier alpha value is -0.960. The van der Waals surface area contributed by atoms with Crippen molar-refractivity contribution in [2.45, 2.75) is 19.8 Å². The van der Waals surface area contributed by atoms with Crippen LogP contribution >= 0.6 is 15.9 Å². The summed E-state index contributed by atoms with van der Waals surface area (Å²) in [7, 11) is 1.70. The van der Waals surface area contributed by atoms with Gasteiger partial charge < -0.3 is 9.72 Å². The monoisotopic (exact) mass is 267 g/mol. The summed E-state index contributed by atoms with van der Waals surface area (Å²) in [5.41, 5.74) is 2.36. The second kappa shape index (κ2) is 3.89. The number of ether oxygens (including phenoxy) is 1. The standard InChI is InChI=1S/C12H14BrNO/c1-7(2)11-6-8-10(14-11)5-4-9(13)12(8)15-3/h4-7,14H,1-3H3. The van der Waals surface area contributed by atoms with Crippen molar-refractivity contribution < 1.29 is 4.74 Å². The largest absolute Gasteiger partial charge is 0.495 e. The number of aromatic amines is 1. The molecule has 3 heteroatoms. The number of H-pyrrole nitrogens is 1. The molecule has 0 saturated carbocycles. The van der Waals surface area contributed by atoms with E-state index in [4.69, 9.17) is 4.74 Å². The van der Waals surface area contributed by atoms with Gasteiger partial charge >= 0.3 is 0 Å². The third-order valence-corrected chi connectivity index (χ3v) is 3.18. The van der Waals surface area contributed by atoms with Crippen molar-refractivity contribution in [2.75, 3.05) is 7.11 Å². The maximum atomic E-state index is 5.38. The molecule has 0 unspecified atom stereocenters. The highest BCUT2D eigenvalue weighted by atomic mass is 79.9. The summed E-state index contributed by atoms with van der Waals surface area (Å²) in [4.78, 5) is 3.40. The molecule has 0 fully saturated rings. The van der Waals surface area contributed by atoms with E-state index in [-0.39, 0.29) is 0 Å². The summed E-state index contributed by atoms with van der Waals surface area (Å²) in [5, 5.41) is 1.13. The second-order valence-corrected chi connectivity index (χ2v) is 4.78. The van der Waals surface area contributed by atoms with E-state index in [1.54, 1.807) is 7.11 Å². The maximum absolute atomic E-state index is 5.38. The molecule has 0 aliphatic rings. The van der Waals surface area contributed by atoms with Crippen LogP contribution in [0.3, 0.4) is 0 Å². The fraction of sp³-hybridized carbons (Fsp3) is 0.333. The molecule has 2 nitrogen and oxygen atoms in total. The molecule has 0 amide bonds. The number of aromatic nitrogens is 1. The van der Waals surface area contributed by atoms with Gasteiger partial charge in [0.05, 0.1) is 11.6 Å². The van der Waals surface area contributed by atoms with E-state index in [1.807, 2.05) is 6.07 Å². The van der Waals surface area contributed by atoms with Gasteiger partial charge in [0.2, 0.25) is 0 Å². The first-order valence-corrected chi connectivity index (χ1v) is 5.78. The van der Waals surface area contributed by atoms with E-state index in [1.165, 1.54) is 5.69 Å². The summed E-state index contributed by atoms with van der Waals surface area (Å²) >= 11 is 3.48. The van der Waals surface area contributed by atoms with Crippen molar-refractivity contribution in [1.29, 1.82) is 0 Å². The van der Waals surface area contributed by atoms with E-state index in [9.17, 15) is 0 Å². The molecule has 0 spiro atoms. The highest BCUT2D eigenvalue weighted by Gasteiger charge is 2.10. The third-order valence-electron chi connectivity index (χ3n) is 2.55. The molecule has 1 N–H and O–H groups in total. The molecule has 0 aliphatic carbocycles. The number of fused-ring (bicyclic) bond motifs is 1. The van der Waals surface area contributed by atoms with Gasteiger partial charge in [0.1, 0.15) is 5.75 Å². The summed E-state index contributed by atoms with van der Waals surface area (Å²) in [6.07, 6.45) is 0. The number of benzene rings is 1. The normalized spacial score (nSPS) is 11.3. The Morgan fingerprint density at radius 1 is 1.33 bits per heavy atom. The van der Waals surface area contributed by atoms with Crippen LogP contribution in [-0.4, -0.2) is 12.1 Å². The zero-order chi connectivity index (χ0) is 11.0. The minimum atomic E-state index is 0.501. The SMILES string of the molecule is COc1c(Br)ccc2[nH]c(C(C)C)cc12. The Morgan fingerprint density at radius 2 is 2.07 bits per heavy atom. The number of halogens is 1. The van der Waals surface area contributed by atoms with E-state index >= 15 is 0 Å². The van der Waals surface area contributed by atoms with E-state index in [0.29, 0.717) is 5.92 Å². The lowest BCUT2D eigenvalue weighted by molar-refractivity contribution is 0.417. The number of rotatable bonds is 2. The van der Waals surface area contributed by atoms with Gasteiger partial charge in [-0.15, -0.1) is 0 Å². The number of hydrogen-bond donors (Lipinski definition) is 1. The molecule has 2 rings (SSSR count). The Balaban J connectivity index is 2.70. The molecule has 0 bridgehead atoms. The number of methoxy groups -OCH3 is 1. The summed E-state index contributed by atoms with van der Waals surface area (Å²) in [5.74, 6) is 1.40. The van der Waals surface area contributed by atoms with Crippen LogP contribution in [0, 0.1) is 0 Å². The lowest BCUT2D eigenvalue weighted by atomic mass is 10.1. The van der Waals surface area contributed by atoms with Gasteiger partial charge in [0.15, 0.2) is 0 Å². The van der Waals surface area contributed by atoms with Gasteiger partial charge in [0, 0.05) is 16.6 Å². The average Bonchev–Trinajstić information content (AvgIpc) is 2.61. The molecule has 1 heterocycles. The van der Waals surface area contributed by atoms with E-state index in [0.717, 1.165) is 21.1 Å². The highest BCUT2D eigenvalue weighted by Crippen LogP contribution is 2.35. The number of nitrogens with one attached hydrogen (secondary N) is 1. The first-order valence-electron chi connectivity index (χ1n) is 4.98. The van der Waals surface area contributed by atoms with Crippen LogP contribution in [0.4, 0.5) is 0 Å². The minimum Gasteiger partial charge on any atom is -0.495 e. The van der Waals surface area contributed by atoms with Crippen molar-refractivity contribution >= 4 is 26.8 Å². The van der Waals surface area contributed by atoms with Gasteiger partial charge in [-0.05, 0) is 40.0 Å². The molecule has 80 valence electrons. The maximum Gasteiger partial charge on any atom is 0.142 e. The van der Waals surface area contributed by atoms with E-state index < -0.39 is 0 Å². The Bertz CT molecular complexity index is 488. The lowest BCUT2D eigenvalue weighted by Gasteiger charge is -2.03. The van der Waals surface area contributed by atoms with Crippen LogP contribution in [0.2, 0.25) is 0 Å². The summed E-state index contributed by atoms with van der Waals surface area (Å²) in [6.45, 7) is 4.35. The zero-order valence-electron chi connectivity index (χ0n) is 9.10. The molecular weight excluding hydrogens is 254 g/mol. The predicted molar refractivity (Wildman–Crippen MR) is 66.6 cm³/mol. The molecule has 1 aromatic carbocycles. The smallest absolute Gasteiger partial charge is 0.142 e. The molecule has 2 aromatic rings. The van der Waals surface area contributed by atoms with Crippen LogP contribution in [0.1, 0.15) is 25.5 Å². The second-order valence-electron chi connectivity index (χ2n) is 3.92. The fourth-order valence-electron chi connectivity index (χ4n) is 1.69. The van der Waals surface area contributed by atoms with Crippen molar-refractivity contribution in [3.8, 4) is 5.75 Å². The van der Waals surface area contributed by atoms with Gasteiger partial charge in [-0.1, -0.05) is 13.8 Å². The molecule has 0 atom stereocenters. The summed E-state index contributed by atoms with van der Waals surface area (Å²) in [6, 6.07) is 6.22. The van der Waals surface area contributed by atoms with Crippen LogP contribution in [0.15, 0.2) is 22.7 Å². The molecular formula is C12H14BrNO. The average molecular weight is 268 g/mol. The van der Waals surface area contributed by atoms with Crippen LogP contribution in [0.5, 0.6) is 5.75 Å². The van der Waals surface area contributed by atoms with Gasteiger partial charge in [-0.25, -0.2) is 0 Å². The Labute approximate surface area is 97.8 Å². The highest BCUT2D eigenvalue weighted by molar-refractivity contribution is 9.10. The van der Waals surface area contributed by atoms with Crippen molar-refractivity contribution in [1.82, 2.24) is 4.98 Å². The molecule has 15 heavy (non-hydrogen) atoms.